The van der Waals surface area contributed by atoms with Gasteiger partial charge in [-0.2, -0.15) is 0 Å². The van der Waals surface area contributed by atoms with Crippen molar-refractivity contribution in [2.45, 2.75) is 32.2 Å². The summed E-state index contributed by atoms with van der Waals surface area (Å²) in [6.45, 7) is 3.68. The highest BCUT2D eigenvalue weighted by Crippen LogP contribution is 2.29. The summed E-state index contributed by atoms with van der Waals surface area (Å²) in [5, 5.41) is 14.2. The van der Waals surface area contributed by atoms with Crippen LogP contribution in [0, 0.1) is 17.0 Å². The zero-order chi connectivity index (χ0) is 13.8. The topological polar surface area (TPSA) is 58.4 Å². The van der Waals surface area contributed by atoms with Gasteiger partial charge in [0.15, 0.2) is 0 Å². The SMILES string of the molecule is CNCC1CCCCN1c1ccc(C)c([N+](=O)[O-])c1. The fourth-order valence-corrected chi connectivity index (χ4v) is 2.76. The van der Waals surface area contributed by atoms with Gasteiger partial charge in [-0.15, -0.1) is 0 Å². The molecule has 1 aromatic rings. The van der Waals surface area contributed by atoms with E-state index in [4.69, 9.17) is 0 Å². The van der Waals surface area contributed by atoms with Crippen molar-refractivity contribution in [2.24, 2.45) is 0 Å². The molecule has 1 unspecified atom stereocenters. The number of hydrogen-bond donors (Lipinski definition) is 1. The summed E-state index contributed by atoms with van der Waals surface area (Å²) in [6.07, 6.45) is 3.53. The highest BCUT2D eigenvalue weighted by atomic mass is 16.6. The Morgan fingerprint density at radius 2 is 2.26 bits per heavy atom. The van der Waals surface area contributed by atoms with Crippen molar-refractivity contribution in [2.75, 3.05) is 25.0 Å². The number of anilines is 1. The standard InChI is InChI=1S/C14H21N3O2/c1-11-6-7-12(9-14(11)17(18)19)16-8-4-3-5-13(16)10-15-2/h6-7,9,13,15H,3-5,8,10H2,1-2H3. The number of benzene rings is 1. The highest BCUT2D eigenvalue weighted by Gasteiger charge is 2.23. The van der Waals surface area contributed by atoms with E-state index in [0.29, 0.717) is 6.04 Å². The minimum Gasteiger partial charge on any atom is -0.367 e. The largest absolute Gasteiger partial charge is 0.367 e. The van der Waals surface area contributed by atoms with Gasteiger partial charge in [-0.1, -0.05) is 6.07 Å². The van der Waals surface area contributed by atoms with E-state index in [1.165, 1.54) is 6.42 Å². The molecule has 1 aliphatic heterocycles. The summed E-state index contributed by atoms with van der Waals surface area (Å²) in [7, 11) is 1.95. The van der Waals surface area contributed by atoms with Crippen LogP contribution in [0.25, 0.3) is 0 Å². The molecule has 1 atom stereocenters. The van der Waals surface area contributed by atoms with Gasteiger partial charge >= 0.3 is 0 Å². The number of nitrogens with zero attached hydrogens (tertiary/aromatic N) is 2. The maximum absolute atomic E-state index is 11.0. The molecule has 0 bridgehead atoms. The second kappa shape index (κ2) is 6.02. The van der Waals surface area contributed by atoms with E-state index in [2.05, 4.69) is 10.2 Å². The lowest BCUT2D eigenvalue weighted by atomic mass is 10.0. The fraction of sp³-hybridized carbons (Fsp3) is 0.571. The van der Waals surface area contributed by atoms with Crippen LogP contribution in [-0.2, 0) is 0 Å². The van der Waals surface area contributed by atoms with Crippen molar-refractivity contribution in [3.05, 3.63) is 33.9 Å². The van der Waals surface area contributed by atoms with Crippen LogP contribution in [0.2, 0.25) is 0 Å². The van der Waals surface area contributed by atoms with Crippen LogP contribution >= 0.6 is 0 Å². The van der Waals surface area contributed by atoms with Gasteiger partial charge in [-0.3, -0.25) is 10.1 Å². The van der Waals surface area contributed by atoms with Crippen LogP contribution < -0.4 is 10.2 Å². The molecule has 1 saturated heterocycles. The van der Waals surface area contributed by atoms with Crippen LogP contribution in [0.15, 0.2) is 18.2 Å². The van der Waals surface area contributed by atoms with Crippen molar-refractivity contribution in [1.29, 1.82) is 0 Å². The molecule has 1 heterocycles. The van der Waals surface area contributed by atoms with Gasteiger partial charge < -0.3 is 10.2 Å². The van der Waals surface area contributed by atoms with Gasteiger partial charge in [-0.05, 0) is 39.3 Å². The Morgan fingerprint density at radius 1 is 1.47 bits per heavy atom. The number of nitro groups is 1. The molecule has 0 amide bonds. The molecule has 5 heteroatoms. The van der Waals surface area contributed by atoms with Crippen LogP contribution in [0.3, 0.4) is 0 Å². The average Bonchev–Trinajstić information content (AvgIpc) is 2.40. The molecular weight excluding hydrogens is 242 g/mol. The molecular formula is C14H21N3O2. The highest BCUT2D eigenvalue weighted by molar-refractivity contribution is 5.57. The Labute approximate surface area is 113 Å². The van der Waals surface area contributed by atoms with Crippen LogP contribution in [0.1, 0.15) is 24.8 Å². The lowest BCUT2D eigenvalue weighted by Crippen LogP contribution is -2.45. The van der Waals surface area contributed by atoms with Gasteiger partial charge in [0.25, 0.3) is 5.69 Å². The smallest absolute Gasteiger partial charge is 0.274 e. The molecule has 0 saturated carbocycles. The molecule has 104 valence electrons. The Bertz CT molecular complexity index is 460. The van der Waals surface area contributed by atoms with Crippen molar-refractivity contribution < 1.29 is 4.92 Å². The third-order valence-corrected chi connectivity index (χ3v) is 3.79. The summed E-state index contributed by atoms with van der Waals surface area (Å²) in [6, 6.07) is 5.99. The van der Waals surface area contributed by atoms with Crippen LogP contribution in [-0.4, -0.2) is 31.1 Å². The maximum atomic E-state index is 11.0. The first-order valence-electron chi connectivity index (χ1n) is 6.79. The molecule has 1 fully saturated rings. The van der Waals surface area contributed by atoms with Crippen LogP contribution in [0.4, 0.5) is 11.4 Å². The molecule has 0 aromatic heterocycles. The molecule has 5 nitrogen and oxygen atoms in total. The van der Waals surface area contributed by atoms with E-state index >= 15 is 0 Å². The number of nitrogens with one attached hydrogen (secondary N) is 1. The van der Waals surface area contributed by atoms with Crippen molar-refractivity contribution in [1.82, 2.24) is 5.32 Å². The molecule has 1 aliphatic rings. The van der Waals surface area contributed by atoms with Crippen LogP contribution in [0.5, 0.6) is 0 Å². The zero-order valence-electron chi connectivity index (χ0n) is 11.6. The van der Waals surface area contributed by atoms with E-state index in [-0.39, 0.29) is 10.6 Å². The summed E-state index contributed by atoms with van der Waals surface area (Å²) >= 11 is 0. The first-order chi connectivity index (χ1) is 9.13. The van der Waals surface area contributed by atoms with Gasteiger partial charge in [0.2, 0.25) is 0 Å². The number of rotatable bonds is 4. The van der Waals surface area contributed by atoms with E-state index in [0.717, 1.165) is 37.2 Å². The first-order valence-corrected chi connectivity index (χ1v) is 6.79. The molecule has 2 rings (SSSR count). The summed E-state index contributed by atoms with van der Waals surface area (Å²) in [5.74, 6) is 0. The maximum Gasteiger partial charge on any atom is 0.274 e. The van der Waals surface area contributed by atoms with Crippen molar-refractivity contribution >= 4 is 11.4 Å². The van der Waals surface area contributed by atoms with E-state index < -0.39 is 0 Å². The van der Waals surface area contributed by atoms with Gasteiger partial charge in [0, 0.05) is 36.4 Å². The second-order valence-electron chi connectivity index (χ2n) is 5.13. The number of aryl methyl sites for hydroxylation is 1. The number of likely N-dealkylation sites (N-methyl/N-ethyl adjacent to an activating group) is 1. The van der Waals surface area contributed by atoms with E-state index in [1.54, 1.807) is 13.0 Å². The van der Waals surface area contributed by atoms with E-state index in [9.17, 15) is 10.1 Å². The third kappa shape index (κ3) is 3.04. The normalized spacial score (nSPS) is 19.5. The predicted molar refractivity (Wildman–Crippen MR) is 76.7 cm³/mol. The summed E-state index contributed by atoms with van der Waals surface area (Å²) in [5.41, 5.74) is 1.90. The minimum absolute atomic E-state index is 0.214. The zero-order valence-corrected chi connectivity index (χ0v) is 11.6. The average molecular weight is 263 g/mol. The molecule has 1 N–H and O–H groups in total. The van der Waals surface area contributed by atoms with Crippen molar-refractivity contribution in [3.63, 3.8) is 0 Å². The molecule has 0 aliphatic carbocycles. The van der Waals surface area contributed by atoms with Gasteiger partial charge in [0.1, 0.15) is 0 Å². The fourth-order valence-electron chi connectivity index (χ4n) is 2.76. The minimum atomic E-state index is -0.296. The quantitative estimate of drug-likeness (QED) is 0.669. The molecule has 0 spiro atoms. The monoisotopic (exact) mass is 263 g/mol. The Balaban J connectivity index is 2.28. The Morgan fingerprint density at radius 3 is 2.95 bits per heavy atom. The summed E-state index contributed by atoms with van der Waals surface area (Å²) in [4.78, 5) is 13.0. The molecule has 19 heavy (non-hydrogen) atoms. The third-order valence-electron chi connectivity index (χ3n) is 3.79. The predicted octanol–water partition coefficient (Wildman–Crippen LogP) is 2.48. The van der Waals surface area contributed by atoms with Gasteiger partial charge in [0.05, 0.1) is 4.92 Å². The number of nitro benzene ring substituents is 1. The molecule has 0 radical (unpaired) electrons. The lowest BCUT2D eigenvalue weighted by molar-refractivity contribution is -0.385. The number of hydrogen-bond acceptors (Lipinski definition) is 4. The first kappa shape index (κ1) is 13.8. The second-order valence-corrected chi connectivity index (χ2v) is 5.13. The Kier molecular flexibility index (Phi) is 4.37. The van der Waals surface area contributed by atoms with E-state index in [1.807, 2.05) is 19.2 Å². The summed E-state index contributed by atoms with van der Waals surface area (Å²) < 4.78 is 0. The van der Waals surface area contributed by atoms with Crippen molar-refractivity contribution in [3.8, 4) is 0 Å². The Hall–Kier alpha value is -1.62. The number of piperidine rings is 1. The van der Waals surface area contributed by atoms with Gasteiger partial charge in [-0.25, -0.2) is 0 Å². The lowest BCUT2D eigenvalue weighted by Gasteiger charge is -2.37. The molecule has 1 aromatic carbocycles.